The third-order valence-electron chi connectivity index (χ3n) is 2.98. The van der Waals surface area contributed by atoms with Crippen molar-refractivity contribution in [1.82, 2.24) is 4.98 Å². The number of rotatable bonds is 4. The third kappa shape index (κ3) is 3.41. The number of halogens is 1. The molecular weight excluding hydrogens is 295 g/mol. The molecule has 0 fully saturated rings. The molecule has 3 aromatic rings. The minimum absolute atomic E-state index is 0.0974. The largest absolute Gasteiger partial charge is 0.417 e. The fourth-order valence-corrected chi connectivity index (χ4v) is 1.93. The van der Waals surface area contributed by atoms with Gasteiger partial charge in [-0.3, -0.25) is 0 Å². The van der Waals surface area contributed by atoms with Crippen molar-refractivity contribution in [2.24, 2.45) is 5.10 Å². The highest BCUT2D eigenvalue weighted by molar-refractivity contribution is 5.80. The Bertz CT molecular complexity index is 881. The molecular formula is C17H11FN4O. The molecule has 1 heterocycles. The van der Waals surface area contributed by atoms with Crippen LogP contribution in [0.4, 0.5) is 10.3 Å². The fraction of sp³-hybridized carbons (Fsp3) is 0. The number of oxazole rings is 1. The van der Waals surface area contributed by atoms with Gasteiger partial charge in [0, 0.05) is 5.56 Å². The molecule has 0 aliphatic heterocycles. The van der Waals surface area contributed by atoms with Gasteiger partial charge in [-0.15, -0.1) is 0 Å². The highest BCUT2D eigenvalue weighted by atomic mass is 19.1. The molecule has 2 aromatic carbocycles. The Balaban J connectivity index is 1.80. The van der Waals surface area contributed by atoms with Crippen LogP contribution in [0.15, 0.2) is 64.1 Å². The van der Waals surface area contributed by atoms with Crippen LogP contribution in [-0.4, -0.2) is 11.2 Å². The molecule has 0 radical (unpaired) electrons. The summed E-state index contributed by atoms with van der Waals surface area (Å²) >= 11 is 0. The minimum Gasteiger partial charge on any atom is -0.417 e. The Kier molecular flexibility index (Phi) is 4.11. The number of nitrogens with one attached hydrogen (secondary N) is 1. The summed E-state index contributed by atoms with van der Waals surface area (Å²) in [6.07, 6.45) is 1.43. The van der Waals surface area contributed by atoms with Crippen molar-refractivity contribution < 1.29 is 8.81 Å². The topological polar surface area (TPSA) is 74.2 Å². The summed E-state index contributed by atoms with van der Waals surface area (Å²) in [5, 5.41) is 13.1. The lowest BCUT2D eigenvalue weighted by molar-refractivity contribution is 0.587. The average Bonchev–Trinajstić information content (AvgIpc) is 2.99. The molecule has 1 aromatic heterocycles. The summed E-state index contributed by atoms with van der Waals surface area (Å²) in [5.41, 5.74) is 4.05. The first kappa shape index (κ1) is 14.5. The van der Waals surface area contributed by atoms with Gasteiger partial charge >= 0.3 is 0 Å². The van der Waals surface area contributed by atoms with E-state index in [2.05, 4.69) is 15.5 Å². The van der Waals surface area contributed by atoms with Gasteiger partial charge in [0.15, 0.2) is 0 Å². The number of aromatic nitrogens is 1. The van der Waals surface area contributed by atoms with Crippen molar-refractivity contribution in [3.05, 3.63) is 71.7 Å². The van der Waals surface area contributed by atoms with E-state index in [-0.39, 0.29) is 17.4 Å². The van der Waals surface area contributed by atoms with Crippen molar-refractivity contribution in [2.75, 3.05) is 5.43 Å². The zero-order chi connectivity index (χ0) is 16.1. The van der Waals surface area contributed by atoms with E-state index in [0.29, 0.717) is 11.5 Å². The van der Waals surface area contributed by atoms with Crippen LogP contribution in [0.3, 0.4) is 0 Å². The highest BCUT2D eigenvalue weighted by Crippen LogP contribution is 2.24. The van der Waals surface area contributed by atoms with Gasteiger partial charge in [-0.25, -0.2) is 9.82 Å². The zero-order valence-corrected chi connectivity index (χ0v) is 11.9. The molecule has 5 nitrogen and oxygen atoms in total. The van der Waals surface area contributed by atoms with Crippen LogP contribution < -0.4 is 5.43 Å². The fourth-order valence-electron chi connectivity index (χ4n) is 1.93. The van der Waals surface area contributed by atoms with Crippen LogP contribution in [-0.2, 0) is 0 Å². The molecule has 0 bridgehead atoms. The van der Waals surface area contributed by atoms with Crippen LogP contribution in [0.25, 0.3) is 11.5 Å². The van der Waals surface area contributed by atoms with E-state index in [4.69, 9.17) is 9.68 Å². The maximum Gasteiger partial charge on any atom is 0.252 e. The van der Waals surface area contributed by atoms with Crippen LogP contribution in [0.5, 0.6) is 0 Å². The summed E-state index contributed by atoms with van der Waals surface area (Å²) in [5.74, 6) is 0.113. The molecule has 112 valence electrons. The van der Waals surface area contributed by atoms with E-state index in [1.54, 1.807) is 12.1 Å². The lowest BCUT2D eigenvalue weighted by Crippen LogP contribution is -1.91. The molecule has 0 saturated carbocycles. The molecule has 3 rings (SSSR count). The molecule has 0 unspecified atom stereocenters. The lowest BCUT2D eigenvalue weighted by atomic mass is 10.2. The molecule has 1 N–H and O–H groups in total. The summed E-state index contributed by atoms with van der Waals surface area (Å²) < 4.78 is 18.6. The molecule has 0 spiro atoms. The second kappa shape index (κ2) is 6.54. The van der Waals surface area contributed by atoms with Gasteiger partial charge in [0.05, 0.1) is 6.21 Å². The second-order valence-electron chi connectivity index (χ2n) is 4.60. The summed E-state index contributed by atoms with van der Waals surface area (Å²) in [7, 11) is 0. The third-order valence-corrected chi connectivity index (χ3v) is 2.98. The molecule has 0 amide bonds. The van der Waals surface area contributed by atoms with Crippen LogP contribution >= 0.6 is 0 Å². The first-order valence-corrected chi connectivity index (χ1v) is 6.77. The monoisotopic (exact) mass is 306 g/mol. The van der Waals surface area contributed by atoms with Crippen molar-refractivity contribution in [3.63, 3.8) is 0 Å². The molecule has 0 atom stereocenters. The lowest BCUT2D eigenvalue weighted by Gasteiger charge is -1.96. The summed E-state index contributed by atoms with van der Waals surface area (Å²) in [6, 6.07) is 17.1. The normalized spacial score (nSPS) is 10.6. The van der Waals surface area contributed by atoms with Crippen LogP contribution in [0.1, 0.15) is 11.3 Å². The molecule has 6 heteroatoms. The van der Waals surface area contributed by atoms with E-state index in [9.17, 15) is 4.39 Å². The molecule has 23 heavy (non-hydrogen) atoms. The first-order valence-electron chi connectivity index (χ1n) is 6.77. The second-order valence-corrected chi connectivity index (χ2v) is 4.60. The number of anilines is 1. The Morgan fingerprint density at radius 2 is 2.00 bits per heavy atom. The standard InChI is InChI=1S/C17H11FN4O/c18-14-8-4-5-12(9-14)11-20-22-17-15(10-19)21-16(23-17)13-6-2-1-3-7-13/h1-9,11,22H. The Morgan fingerprint density at radius 3 is 2.74 bits per heavy atom. The van der Waals surface area contributed by atoms with Crippen molar-refractivity contribution >= 4 is 12.1 Å². The first-order chi connectivity index (χ1) is 11.3. The van der Waals surface area contributed by atoms with Gasteiger partial charge in [0.2, 0.25) is 11.6 Å². The van der Waals surface area contributed by atoms with E-state index in [1.807, 2.05) is 36.4 Å². The van der Waals surface area contributed by atoms with Gasteiger partial charge in [0.25, 0.3) is 5.88 Å². The van der Waals surface area contributed by atoms with E-state index in [1.165, 1.54) is 18.3 Å². The quantitative estimate of drug-likeness (QED) is 0.587. The van der Waals surface area contributed by atoms with Crippen molar-refractivity contribution in [2.45, 2.75) is 0 Å². The Labute approximate surface area is 131 Å². The van der Waals surface area contributed by atoms with Crippen LogP contribution in [0.2, 0.25) is 0 Å². The average molecular weight is 306 g/mol. The van der Waals surface area contributed by atoms with Gasteiger partial charge in [-0.1, -0.05) is 30.3 Å². The van der Waals surface area contributed by atoms with E-state index < -0.39 is 0 Å². The maximum atomic E-state index is 13.1. The molecule has 0 aliphatic carbocycles. The van der Waals surface area contributed by atoms with Crippen molar-refractivity contribution in [1.29, 1.82) is 5.26 Å². The van der Waals surface area contributed by atoms with E-state index >= 15 is 0 Å². The molecule has 0 saturated heterocycles. The van der Waals surface area contributed by atoms with Gasteiger partial charge in [-0.05, 0) is 29.8 Å². The smallest absolute Gasteiger partial charge is 0.252 e. The predicted octanol–water partition coefficient (Wildman–Crippen LogP) is 3.80. The van der Waals surface area contributed by atoms with Crippen molar-refractivity contribution in [3.8, 4) is 17.5 Å². The van der Waals surface area contributed by atoms with Gasteiger partial charge < -0.3 is 4.42 Å². The van der Waals surface area contributed by atoms with E-state index in [0.717, 1.165) is 5.56 Å². The zero-order valence-electron chi connectivity index (χ0n) is 11.9. The number of hydrazone groups is 1. The Hall–Kier alpha value is -3.46. The number of nitrogens with zero attached hydrogens (tertiary/aromatic N) is 3. The number of hydrogen-bond acceptors (Lipinski definition) is 5. The molecule has 0 aliphatic rings. The Morgan fingerprint density at radius 1 is 1.17 bits per heavy atom. The van der Waals surface area contributed by atoms with Gasteiger partial charge in [-0.2, -0.15) is 15.3 Å². The maximum absolute atomic E-state index is 13.1. The highest BCUT2D eigenvalue weighted by Gasteiger charge is 2.13. The number of nitriles is 1. The van der Waals surface area contributed by atoms with Crippen LogP contribution in [0, 0.1) is 17.1 Å². The van der Waals surface area contributed by atoms with Gasteiger partial charge in [0.1, 0.15) is 11.9 Å². The summed E-state index contributed by atoms with van der Waals surface area (Å²) in [6.45, 7) is 0. The predicted molar refractivity (Wildman–Crippen MR) is 84.3 cm³/mol. The number of hydrogen-bond donors (Lipinski definition) is 1. The summed E-state index contributed by atoms with van der Waals surface area (Å²) in [4.78, 5) is 4.11. The SMILES string of the molecule is N#Cc1nc(-c2ccccc2)oc1NN=Cc1cccc(F)c1. The minimum atomic E-state index is -0.349. The number of benzene rings is 2.